The van der Waals surface area contributed by atoms with Gasteiger partial charge in [0.05, 0.1) is 0 Å². The molecule has 1 heterocycles. The predicted octanol–water partition coefficient (Wildman–Crippen LogP) is 1.28. The Morgan fingerprint density at radius 2 is 1.56 bits per heavy atom. The van der Waals surface area contributed by atoms with Crippen LogP contribution < -0.4 is 5.32 Å². The second-order valence-corrected chi connectivity index (χ2v) is 8.06. The molecule has 158 valence electrons. The number of likely N-dealkylation sites (tertiary alicyclic amines) is 1. The SMILES string of the molecule is CCC(CNC(=O)C(=O)N1C[C@@H](CN(C)C)[C@H](CN(C)C)C1)CC(F)(F)F. The number of alkyl halides is 3. The summed E-state index contributed by atoms with van der Waals surface area (Å²) in [6.45, 7) is 4.10. The first-order valence-corrected chi connectivity index (χ1v) is 9.36. The molecule has 0 aromatic carbocycles. The summed E-state index contributed by atoms with van der Waals surface area (Å²) in [6.07, 6.45) is -4.95. The van der Waals surface area contributed by atoms with Crippen molar-refractivity contribution >= 4 is 11.8 Å². The van der Waals surface area contributed by atoms with Gasteiger partial charge in [0.15, 0.2) is 0 Å². The first kappa shape index (κ1) is 23.7. The van der Waals surface area contributed by atoms with E-state index >= 15 is 0 Å². The molecule has 0 saturated carbocycles. The number of hydrogen-bond donors (Lipinski definition) is 1. The maximum atomic E-state index is 12.5. The van der Waals surface area contributed by atoms with Gasteiger partial charge in [-0.15, -0.1) is 0 Å². The summed E-state index contributed by atoms with van der Waals surface area (Å²) in [6, 6.07) is 0. The van der Waals surface area contributed by atoms with E-state index in [9.17, 15) is 22.8 Å². The molecule has 2 amide bonds. The van der Waals surface area contributed by atoms with Crippen molar-refractivity contribution in [3.05, 3.63) is 0 Å². The van der Waals surface area contributed by atoms with E-state index in [0.717, 1.165) is 13.1 Å². The Morgan fingerprint density at radius 3 is 1.93 bits per heavy atom. The van der Waals surface area contributed by atoms with Crippen LogP contribution in [0.1, 0.15) is 19.8 Å². The molecular weight excluding hydrogens is 361 g/mol. The molecule has 0 bridgehead atoms. The van der Waals surface area contributed by atoms with E-state index in [0.29, 0.717) is 13.1 Å². The second kappa shape index (κ2) is 10.3. The summed E-state index contributed by atoms with van der Waals surface area (Å²) in [4.78, 5) is 30.3. The van der Waals surface area contributed by atoms with Gasteiger partial charge >= 0.3 is 18.0 Å². The fourth-order valence-electron chi connectivity index (χ4n) is 3.60. The van der Waals surface area contributed by atoms with Gasteiger partial charge in [-0.2, -0.15) is 13.2 Å². The molecule has 0 aromatic heterocycles. The number of nitrogens with one attached hydrogen (secondary N) is 1. The molecule has 1 aliphatic rings. The minimum atomic E-state index is -4.27. The zero-order valence-corrected chi connectivity index (χ0v) is 17.0. The molecule has 6 nitrogen and oxygen atoms in total. The molecule has 1 N–H and O–H groups in total. The summed E-state index contributed by atoms with van der Waals surface area (Å²) in [7, 11) is 7.87. The van der Waals surface area contributed by atoms with Crippen LogP contribution in [0.25, 0.3) is 0 Å². The Morgan fingerprint density at radius 1 is 1.07 bits per heavy atom. The molecule has 9 heteroatoms. The van der Waals surface area contributed by atoms with Gasteiger partial charge in [-0.1, -0.05) is 13.3 Å². The average molecular weight is 394 g/mol. The van der Waals surface area contributed by atoms with E-state index in [1.807, 2.05) is 28.2 Å². The van der Waals surface area contributed by atoms with Crippen LogP contribution in [-0.2, 0) is 9.59 Å². The number of hydrogen-bond acceptors (Lipinski definition) is 4. The largest absolute Gasteiger partial charge is 0.389 e. The van der Waals surface area contributed by atoms with Gasteiger partial charge in [-0.25, -0.2) is 0 Å². The second-order valence-electron chi connectivity index (χ2n) is 8.06. The van der Waals surface area contributed by atoms with Crippen LogP contribution in [0.15, 0.2) is 0 Å². The van der Waals surface area contributed by atoms with Crippen molar-refractivity contribution in [3.8, 4) is 0 Å². The summed E-state index contributed by atoms with van der Waals surface area (Å²) in [5.74, 6) is -1.67. The van der Waals surface area contributed by atoms with E-state index in [4.69, 9.17) is 0 Å². The summed E-state index contributed by atoms with van der Waals surface area (Å²) >= 11 is 0. The van der Waals surface area contributed by atoms with Crippen molar-refractivity contribution < 1.29 is 22.8 Å². The van der Waals surface area contributed by atoms with Crippen molar-refractivity contribution in [2.75, 3.05) is 60.9 Å². The van der Waals surface area contributed by atoms with Gasteiger partial charge in [0.25, 0.3) is 0 Å². The Bertz CT molecular complexity index is 479. The van der Waals surface area contributed by atoms with Crippen molar-refractivity contribution in [3.63, 3.8) is 0 Å². The molecule has 3 atom stereocenters. The van der Waals surface area contributed by atoms with Gasteiger partial charge in [-0.05, 0) is 45.9 Å². The van der Waals surface area contributed by atoms with Gasteiger partial charge in [-0.3, -0.25) is 9.59 Å². The molecule has 1 saturated heterocycles. The first-order chi connectivity index (χ1) is 12.4. The van der Waals surface area contributed by atoms with Crippen LogP contribution in [0.2, 0.25) is 0 Å². The van der Waals surface area contributed by atoms with Crippen molar-refractivity contribution in [1.29, 1.82) is 0 Å². The average Bonchev–Trinajstić information content (AvgIpc) is 2.90. The first-order valence-electron chi connectivity index (χ1n) is 9.36. The fraction of sp³-hybridized carbons (Fsp3) is 0.889. The van der Waals surface area contributed by atoms with E-state index < -0.39 is 30.3 Å². The lowest BCUT2D eigenvalue weighted by Gasteiger charge is -2.24. The molecule has 27 heavy (non-hydrogen) atoms. The predicted molar refractivity (Wildman–Crippen MR) is 98.1 cm³/mol. The minimum absolute atomic E-state index is 0.142. The smallest absolute Gasteiger partial charge is 0.348 e. The van der Waals surface area contributed by atoms with Gasteiger partial charge in [0.2, 0.25) is 0 Å². The van der Waals surface area contributed by atoms with E-state index in [-0.39, 0.29) is 24.8 Å². The van der Waals surface area contributed by atoms with Crippen LogP contribution in [-0.4, -0.2) is 93.6 Å². The lowest BCUT2D eigenvalue weighted by atomic mass is 9.95. The number of carbonyl (C=O) groups excluding carboxylic acids is 2. The molecular formula is C18H33F3N4O2. The van der Waals surface area contributed by atoms with Crippen molar-refractivity contribution in [2.24, 2.45) is 17.8 Å². The third kappa shape index (κ3) is 8.47. The number of halogens is 3. The quantitative estimate of drug-likeness (QED) is 0.630. The lowest BCUT2D eigenvalue weighted by molar-refractivity contribution is -0.148. The lowest BCUT2D eigenvalue weighted by Crippen LogP contribution is -2.44. The number of amides is 2. The normalized spacial score (nSPS) is 21.8. The summed E-state index contributed by atoms with van der Waals surface area (Å²) in [5, 5.41) is 2.39. The standard InChI is InChI=1S/C18H33F3N4O2/c1-6-13(7-18(19,20)21)8-22-16(26)17(27)25-11-14(9-23(2)3)15(12-25)10-24(4)5/h13-15H,6-12H2,1-5H3,(H,22,26)/t13?,14-,15-/m1/s1. The fourth-order valence-corrected chi connectivity index (χ4v) is 3.60. The molecule has 1 unspecified atom stereocenters. The highest BCUT2D eigenvalue weighted by molar-refractivity contribution is 6.35. The highest BCUT2D eigenvalue weighted by Crippen LogP contribution is 2.27. The molecule has 1 aliphatic heterocycles. The summed E-state index contributed by atoms with van der Waals surface area (Å²) < 4.78 is 37.6. The Hall–Kier alpha value is -1.35. The molecule has 0 aromatic rings. The van der Waals surface area contributed by atoms with Crippen molar-refractivity contribution in [2.45, 2.75) is 25.9 Å². The third-order valence-electron chi connectivity index (χ3n) is 4.91. The van der Waals surface area contributed by atoms with Gasteiger partial charge in [0.1, 0.15) is 0 Å². The van der Waals surface area contributed by atoms with Crippen molar-refractivity contribution in [1.82, 2.24) is 20.0 Å². The van der Waals surface area contributed by atoms with Crippen LogP contribution in [0, 0.1) is 17.8 Å². The van der Waals surface area contributed by atoms with E-state index in [1.54, 1.807) is 6.92 Å². The zero-order chi connectivity index (χ0) is 20.8. The van der Waals surface area contributed by atoms with Gasteiger partial charge in [0, 0.05) is 39.1 Å². The Balaban J connectivity index is 2.62. The third-order valence-corrected chi connectivity index (χ3v) is 4.91. The number of nitrogens with zero attached hydrogens (tertiary/aromatic N) is 3. The molecule has 0 spiro atoms. The Labute approximate surface area is 160 Å². The van der Waals surface area contributed by atoms with Crippen LogP contribution in [0.5, 0.6) is 0 Å². The number of rotatable bonds is 8. The maximum Gasteiger partial charge on any atom is 0.389 e. The highest BCUT2D eigenvalue weighted by Gasteiger charge is 2.38. The topological polar surface area (TPSA) is 55.9 Å². The molecule has 0 aliphatic carbocycles. The summed E-state index contributed by atoms with van der Waals surface area (Å²) in [5.41, 5.74) is 0. The molecule has 1 rings (SSSR count). The highest BCUT2D eigenvalue weighted by atomic mass is 19.4. The van der Waals surface area contributed by atoms with E-state index in [2.05, 4.69) is 15.1 Å². The number of carbonyl (C=O) groups is 2. The maximum absolute atomic E-state index is 12.5. The zero-order valence-electron chi connectivity index (χ0n) is 17.0. The monoisotopic (exact) mass is 394 g/mol. The molecule has 0 radical (unpaired) electrons. The Kier molecular flexibility index (Phi) is 9.01. The van der Waals surface area contributed by atoms with E-state index in [1.165, 1.54) is 4.90 Å². The van der Waals surface area contributed by atoms with Crippen LogP contribution in [0.4, 0.5) is 13.2 Å². The van der Waals surface area contributed by atoms with Crippen LogP contribution in [0.3, 0.4) is 0 Å². The minimum Gasteiger partial charge on any atom is -0.348 e. The van der Waals surface area contributed by atoms with Crippen LogP contribution >= 0.6 is 0 Å². The molecule has 1 fully saturated rings. The van der Waals surface area contributed by atoms with Gasteiger partial charge < -0.3 is 20.0 Å².